The van der Waals surface area contributed by atoms with Crippen molar-refractivity contribution in [3.63, 3.8) is 0 Å². The standard InChI is InChI=1S/C15H16N2/c1-10-2-3-13(9-17-10)11-4-6-14-12(8-11)5-7-15(14)16/h2-4,6,8-9,15H,5,7,16H2,1H3. The molecule has 0 bridgehead atoms. The van der Waals surface area contributed by atoms with Gasteiger partial charge in [-0.15, -0.1) is 0 Å². The minimum absolute atomic E-state index is 0.232. The maximum absolute atomic E-state index is 6.04. The van der Waals surface area contributed by atoms with Crippen molar-refractivity contribution >= 4 is 0 Å². The maximum Gasteiger partial charge on any atom is 0.0373 e. The molecule has 2 nitrogen and oxygen atoms in total. The second kappa shape index (κ2) is 3.97. The van der Waals surface area contributed by atoms with Crippen LogP contribution in [0.25, 0.3) is 11.1 Å². The summed E-state index contributed by atoms with van der Waals surface area (Å²) in [5.74, 6) is 0. The number of hydrogen-bond donors (Lipinski definition) is 1. The van der Waals surface area contributed by atoms with Crippen molar-refractivity contribution in [2.24, 2.45) is 5.73 Å². The third-order valence-corrected chi connectivity index (χ3v) is 3.51. The van der Waals surface area contributed by atoms with Gasteiger partial charge < -0.3 is 5.73 Å². The van der Waals surface area contributed by atoms with E-state index < -0.39 is 0 Å². The molecule has 1 atom stereocenters. The van der Waals surface area contributed by atoms with E-state index in [1.54, 1.807) is 0 Å². The van der Waals surface area contributed by atoms with Crippen LogP contribution in [0, 0.1) is 6.92 Å². The van der Waals surface area contributed by atoms with Crippen LogP contribution in [0.5, 0.6) is 0 Å². The van der Waals surface area contributed by atoms with Gasteiger partial charge in [0.25, 0.3) is 0 Å². The largest absolute Gasteiger partial charge is 0.324 e. The summed E-state index contributed by atoms with van der Waals surface area (Å²) >= 11 is 0. The summed E-state index contributed by atoms with van der Waals surface area (Å²) in [6.07, 6.45) is 4.11. The number of rotatable bonds is 1. The predicted octanol–water partition coefficient (Wildman–Crippen LogP) is 3.00. The molecule has 0 saturated heterocycles. The molecule has 0 aliphatic heterocycles. The van der Waals surface area contributed by atoms with Gasteiger partial charge in [0.2, 0.25) is 0 Å². The average Bonchev–Trinajstić information content (AvgIpc) is 2.72. The molecular weight excluding hydrogens is 208 g/mol. The van der Waals surface area contributed by atoms with Crippen LogP contribution in [0.3, 0.4) is 0 Å². The number of hydrogen-bond acceptors (Lipinski definition) is 2. The predicted molar refractivity (Wildman–Crippen MR) is 69.7 cm³/mol. The van der Waals surface area contributed by atoms with Gasteiger partial charge in [0, 0.05) is 23.5 Å². The topological polar surface area (TPSA) is 38.9 Å². The first-order valence-electron chi connectivity index (χ1n) is 6.05. The van der Waals surface area contributed by atoms with Gasteiger partial charge in [-0.1, -0.05) is 24.3 Å². The molecule has 1 aromatic heterocycles. The molecule has 17 heavy (non-hydrogen) atoms. The second-order valence-corrected chi connectivity index (χ2v) is 4.75. The Morgan fingerprint density at radius 3 is 2.76 bits per heavy atom. The monoisotopic (exact) mass is 224 g/mol. The van der Waals surface area contributed by atoms with Gasteiger partial charge in [-0.3, -0.25) is 4.98 Å². The van der Waals surface area contributed by atoms with E-state index in [0.717, 1.165) is 18.5 Å². The van der Waals surface area contributed by atoms with Gasteiger partial charge >= 0.3 is 0 Å². The van der Waals surface area contributed by atoms with Crippen LogP contribution < -0.4 is 5.73 Å². The van der Waals surface area contributed by atoms with Gasteiger partial charge in [0.05, 0.1) is 0 Å². The quantitative estimate of drug-likeness (QED) is 0.808. The molecule has 1 aliphatic rings. The number of aromatic nitrogens is 1. The number of pyridine rings is 1. The summed E-state index contributed by atoms with van der Waals surface area (Å²) < 4.78 is 0. The first-order valence-corrected chi connectivity index (χ1v) is 6.05. The summed E-state index contributed by atoms with van der Waals surface area (Å²) in [7, 11) is 0. The highest BCUT2D eigenvalue weighted by Crippen LogP contribution is 2.32. The van der Waals surface area contributed by atoms with Gasteiger partial charge in [-0.2, -0.15) is 0 Å². The first-order chi connectivity index (χ1) is 8.24. The Bertz CT molecular complexity index is 543. The molecular formula is C15H16N2. The minimum atomic E-state index is 0.232. The summed E-state index contributed by atoms with van der Waals surface area (Å²) in [6.45, 7) is 2.01. The minimum Gasteiger partial charge on any atom is -0.324 e. The summed E-state index contributed by atoms with van der Waals surface area (Å²) in [4.78, 5) is 4.34. The van der Waals surface area contributed by atoms with Gasteiger partial charge in [-0.05, 0) is 42.5 Å². The van der Waals surface area contributed by atoms with E-state index in [1.807, 2.05) is 19.2 Å². The molecule has 2 N–H and O–H groups in total. The number of benzene rings is 1. The van der Waals surface area contributed by atoms with Crippen molar-refractivity contribution in [1.29, 1.82) is 0 Å². The average molecular weight is 224 g/mol. The van der Waals surface area contributed by atoms with Gasteiger partial charge in [-0.25, -0.2) is 0 Å². The Balaban J connectivity index is 2.02. The van der Waals surface area contributed by atoms with Crippen LogP contribution in [0.2, 0.25) is 0 Å². The lowest BCUT2D eigenvalue weighted by molar-refractivity contribution is 0.713. The molecule has 1 heterocycles. The number of fused-ring (bicyclic) bond motifs is 1. The van der Waals surface area contributed by atoms with Crippen LogP contribution in [-0.4, -0.2) is 4.98 Å². The van der Waals surface area contributed by atoms with E-state index >= 15 is 0 Å². The van der Waals surface area contributed by atoms with Crippen LogP contribution >= 0.6 is 0 Å². The van der Waals surface area contributed by atoms with Crippen molar-refractivity contribution in [1.82, 2.24) is 4.98 Å². The lowest BCUT2D eigenvalue weighted by Gasteiger charge is -2.07. The second-order valence-electron chi connectivity index (χ2n) is 4.75. The zero-order chi connectivity index (χ0) is 11.8. The summed E-state index contributed by atoms with van der Waals surface area (Å²) in [5.41, 5.74) is 12.2. The molecule has 1 aromatic carbocycles. The van der Waals surface area contributed by atoms with Crippen LogP contribution in [0.4, 0.5) is 0 Å². The molecule has 1 unspecified atom stereocenters. The normalized spacial score (nSPS) is 18.1. The molecule has 0 amide bonds. The Hall–Kier alpha value is -1.67. The fourth-order valence-electron chi connectivity index (χ4n) is 2.47. The number of nitrogens with two attached hydrogens (primary N) is 1. The third kappa shape index (κ3) is 1.85. The Morgan fingerprint density at radius 1 is 1.18 bits per heavy atom. The molecule has 2 heteroatoms. The molecule has 86 valence electrons. The first kappa shape index (κ1) is 10.5. The molecule has 2 aromatic rings. The Morgan fingerprint density at radius 2 is 2.00 bits per heavy atom. The Kier molecular flexibility index (Phi) is 2.45. The number of nitrogens with zero attached hydrogens (tertiary/aromatic N) is 1. The number of aryl methyl sites for hydroxylation is 2. The fourth-order valence-corrected chi connectivity index (χ4v) is 2.47. The Labute approximate surface area is 102 Å². The van der Waals surface area contributed by atoms with Crippen molar-refractivity contribution in [3.05, 3.63) is 53.3 Å². The third-order valence-electron chi connectivity index (χ3n) is 3.51. The van der Waals surface area contributed by atoms with Gasteiger partial charge in [0.15, 0.2) is 0 Å². The van der Waals surface area contributed by atoms with E-state index in [0.29, 0.717) is 0 Å². The summed E-state index contributed by atoms with van der Waals surface area (Å²) in [5, 5.41) is 0. The lowest BCUT2D eigenvalue weighted by atomic mass is 10.0. The highest BCUT2D eigenvalue weighted by Gasteiger charge is 2.18. The van der Waals surface area contributed by atoms with Crippen molar-refractivity contribution in [2.45, 2.75) is 25.8 Å². The molecule has 1 aliphatic carbocycles. The van der Waals surface area contributed by atoms with Gasteiger partial charge in [0.1, 0.15) is 0 Å². The molecule has 0 saturated carbocycles. The van der Waals surface area contributed by atoms with Crippen molar-refractivity contribution in [2.75, 3.05) is 0 Å². The van der Waals surface area contributed by atoms with E-state index in [4.69, 9.17) is 5.73 Å². The van der Waals surface area contributed by atoms with Crippen LogP contribution in [0.1, 0.15) is 29.3 Å². The van der Waals surface area contributed by atoms with E-state index in [1.165, 1.54) is 22.3 Å². The highest BCUT2D eigenvalue weighted by atomic mass is 14.7. The smallest absolute Gasteiger partial charge is 0.0373 e. The lowest BCUT2D eigenvalue weighted by Crippen LogP contribution is -2.04. The zero-order valence-corrected chi connectivity index (χ0v) is 9.98. The fraction of sp³-hybridized carbons (Fsp3) is 0.267. The SMILES string of the molecule is Cc1ccc(-c2ccc3c(c2)CCC3N)cn1. The van der Waals surface area contributed by atoms with Crippen LogP contribution in [-0.2, 0) is 6.42 Å². The van der Waals surface area contributed by atoms with E-state index in [2.05, 4.69) is 29.2 Å². The van der Waals surface area contributed by atoms with E-state index in [-0.39, 0.29) is 6.04 Å². The van der Waals surface area contributed by atoms with E-state index in [9.17, 15) is 0 Å². The molecule has 0 radical (unpaired) electrons. The van der Waals surface area contributed by atoms with Crippen LogP contribution in [0.15, 0.2) is 36.5 Å². The molecule has 0 spiro atoms. The maximum atomic E-state index is 6.04. The molecule has 3 rings (SSSR count). The van der Waals surface area contributed by atoms with Crippen molar-refractivity contribution in [3.8, 4) is 11.1 Å². The van der Waals surface area contributed by atoms with Crippen molar-refractivity contribution < 1.29 is 0 Å². The zero-order valence-electron chi connectivity index (χ0n) is 9.98. The molecule has 0 fully saturated rings. The summed E-state index contributed by atoms with van der Waals surface area (Å²) in [6, 6.07) is 11.0. The highest BCUT2D eigenvalue weighted by molar-refractivity contribution is 5.64.